The Balaban J connectivity index is 4.60. The summed E-state index contributed by atoms with van der Waals surface area (Å²) >= 11 is 0. The van der Waals surface area contributed by atoms with Gasteiger partial charge in [-0.3, -0.25) is 13.8 Å². The largest absolute Gasteiger partial charge is 0.472 e. The third-order valence-corrected chi connectivity index (χ3v) is 8.64. The Labute approximate surface area is 300 Å². The molecule has 3 unspecified atom stereocenters. The molecule has 0 aliphatic rings. The van der Waals surface area contributed by atoms with E-state index in [1.54, 1.807) is 6.08 Å². The average Bonchev–Trinajstić information content (AvgIpc) is 3.04. The number of allylic oxidation sites excluding steroid dienone is 11. The first-order chi connectivity index (χ1) is 23.5. The summed E-state index contributed by atoms with van der Waals surface area (Å²) in [5.74, 6) is -0.218. The smallest absolute Gasteiger partial charge is 0.387 e. The second kappa shape index (κ2) is 31.9. The predicted molar refractivity (Wildman–Crippen MR) is 207 cm³/mol. The number of hydrogen-bond donors (Lipinski definition) is 3. The van der Waals surface area contributed by atoms with Crippen LogP contribution in [0.15, 0.2) is 72.9 Å². The number of rotatable bonds is 32. The van der Waals surface area contributed by atoms with E-state index in [1.165, 1.54) is 25.7 Å². The molecule has 49 heavy (non-hydrogen) atoms. The maximum atomic E-state index is 12.8. The SMILES string of the molecule is CC/C=C\C/C=C\C/C=C\C/C=C\CCCCCCC(=O)NC(COP(=O)(O)OCC[N+](C)(C)C)C(O)/C=C/CC/C=C/CCCCCC. The van der Waals surface area contributed by atoms with Crippen molar-refractivity contribution in [1.82, 2.24) is 5.32 Å². The molecule has 0 saturated carbocycles. The minimum Gasteiger partial charge on any atom is -0.387 e. The Morgan fingerprint density at radius 1 is 0.714 bits per heavy atom. The van der Waals surface area contributed by atoms with Gasteiger partial charge in [-0.05, 0) is 70.6 Å². The second-order valence-electron chi connectivity index (χ2n) is 13.6. The molecule has 0 spiro atoms. The summed E-state index contributed by atoms with van der Waals surface area (Å²) in [7, 11) is 1.52. The molecule has 0 aromatic carbocycles. The van der Waals surface area contributed by atoms with Crippen LogP contribution in [0.5, 0.6) is 0 Å². The van der Waals surface area contributed by atoms with Crippen molar-refractivity contribution in [2.45, 2.75) is 135 Å². The number of amides is 1. The maximum Gasteiger partial charge on any atom is 0.472 e. The summed E-state index contributed by atoms with van der Waals surface area (Å²) in [5.41, 5.74) is 0. The Bertz CT molecular complexity index is 1030. The zero-order chi connectivity index (χ0) is 36.5. The molecule has 0 aliphatic heterocycles. The van der Waals surface area contributed by atoms with Gasteiger partial charge >= 0.3 is 7.82 Å². The molecule has 0 fully saturated rings. The molecular weight excluding hydrogens is 635 g/mol. The number of likely N-dealkylation sites (N-methyl/N-ethyl adjacent to an activating group) is 1. The van der Waals surface area contributed by atoms with Gasteiger partial charge in [0.25, 0.3) is 0 Å². The number of unbranched alkanes of at least 4 members (excludes halogenated alkanes) is 9. The molecule has 3 N–H and O–H groups in total. The van der Waals surface area contributed by atoms with Crippen LogP contribution >= 0.6 is 7.82 Å². The average molecular weight is 708 g/mol. The number of phosphoric ester groups is 1. The van der Waals surface area contributed by atoms with Gasteiger partial charge in [0.15, 0.2) is 0 Å². The third kappa shape index (κ3) is 34.2. The fraction of sp³-hybridized carbons (Fsp3) is 0.675. The van der Waals surface area contributed by atoms with Crippen LogP contribution in [0.4, 0.5) is 0 Å². The van der Waals surface area contributed by atoms with E-state index < -0.39 is 20.0 Å². The standard InChI is InChI=1S/C40H71N2O6P/c1-6-8-10-12-14-16-18-19-20-21-22-23-24-26-28-30-32-34-40(44)41-38(37-48-49(45,46)47-36-35-42(3,4)5)39(43)33-31-29-27-25-17-15-13-11-9-7-2/h8,10,14,16-17,19-20,22-23,25,31,33,38-39,43H,6-7,9,11-13,15,18,21,24,26-30,32,34-37H2,1-5H3,(H-,41,44,45,46)/p+1/b10-8-,16-14-,20-19-,23-22-,25-17+,33-31+. The predicted octanol–water partition coefficient (Wildman–Crippen LogP) is 9.68. The number of nitrogens with one attached hydrogen (secondary N) is 1. The number of carbonyl (C=O) groups excluding carboxylic acids is 1. The van der Waals surface area contributed by atoms with E-state index in [0.29, 0.717) is 17.4 Å². The van der Waals surface area contributed by atoms with Crippen molar-refractivity contribution < 1.29 is 32.9 Å². The van der Waals surface area contributed by atoms with Crippen molar-refractivity contribution in [3.05, 3.63) is 72.9 Å². The van der Waals surface area contributed by atoms with Gasteiger partial charge < -0.3 is 19.8 Å². The van der Waals surface area contributed by atoms with E-state index in [-0.39, 0.29) is 19.1 Å². The van der Waals surface area contributed by atoms with Gasteiger partial charge in [-0.25, -0.2) is 4.57 Å². The molecule has 0 aliphatic carbocycles. The van der Waals surface area contributed by atoms with Crippen LogP contribution in [-0.4, -0.2) is 73.4 Å². The molecule has 0 heterocycles. The van der Waals surface area contributed by atoms with Gasteiger partial charge in [0.05, 0.1) is 39.9 Å². The zero-order valence-electron chi connectivity index (χ0n) is 31.6. The lowest BCUT2D eigenvalue weighted by Gasteiger charge is -2.25. The summed E-state index contributed by atoms with van der Waals surface area (Å²) < 4.78 is 23.4. The van der Waals surface area contributed by atoms with E-state index in [2.05, 4.69) is 79.9 Å². The number of phosphoric acid groups is 1. The topological polar surface area (TPSA) is 105 Å². The molecule has 0 bridgehead atoms. The number of hydrogen-bond acceptors (Lipinski definition) is 5. The molecule has 0 saturated heterocycles. The van der Waals surface area contributed by atoms with Gasteiger partial charge in [0.2, 0.25) is 5.91 Å². The molecule has 8 nitrogen and oxygen atoms in total. The highest BCUT2D eigenvalue weighted by atomic mass is 31.2. The molecule has 282 valence electrons. The van der Waals surface area contributed by atoms with Crippen molar-refractivity contribution in [2.75, 3.05) is 40.9 Å². The fourth-order valence-electron chi connectivity index (χ4n) is 4.63. The summed E-state index contributed by atoms with van der Waals surface area (Å²) in [6.45, 7) is 4.58. The van der Waals surface area contributed by atoms with E-state index in [0.717, 1.165) is 77.0 Å². The summed E-state index contributed by atoms with van der Waals surface area (Å²) in [6.07, 6.45) is 41.2. The highest BCUT2D eigenvalue weighted by molar-refractivity contribution is 7.47. The normalized spacial score (nSPS) is 15.5. The zero-order valence-corrected chi connectivity index (χ0v) is 32.5. The van der Waals surface area contributed by atoms with Crippen LogP contribution < -0.4 is 5.32 Å². The first-order valence-electron chi connectivity index (χ1n) is 18.8. The van der Waals surface area contributed by atoms with Crippen LogP contribution in [0.1, 0.15) is 123 Å². The van der Waals surface area contributed by atoms with Crippen LogP contribution in [0.3, 0.4) is 0 Å². The second-order valence-corrected chi connectivity index (χ2v) is 15.0. The van der Waals surface area contributed by atoms with Crippen molar-refractivity contribution in [3.8, 4) is 0 Å². The van der Waals surface area contributed by atoms with E-state index in [1.807, 2.05) is 27.2 Å². The number of quaternary nitrogens is 1. The lowest BCUT2D eigenvalue weighted by Crippen LogP contribution is -2.45. The quantitative estimate of drug-likeness (QED) is 0.0278. The third-order valence-electron chi connectivity index (χ3n) is 7.66. The van der Waals surface area contributed by atoms with Crippen molar-refractivity contribution in [2.24, 2.45) is 0 Å². The van der Waals surface area contributed by atoms with E-state index in [4.69, 9.17) is 9.05 Å². The highest BCUT2D eigenvalue weighted by Gasteiger charge is 2.27. The molecule has 0 aromatic heterocycles. The Morgan fingerprint density at radius 2 is 1.24 bits per heavy atom. The summed E-state index contributed by atoms with van der Waals surface area (Å²) in [5, 5.41) is 13.7. The lowest BCUT2D eigenvalue weighted by atomic mass is 10.1. The first-order valence-corrected chi connectivity index (χ1v) is 20.3. The van der Waals surface area contributed by atoms with E-state index >= 15 is 0 Å². The molecule has 0 radical (unpaired) electrons. The monoisotopic (exact) mass is 708 g/mol. The maximum absolute atomic E-state index is 12.8. The van der Waals surface area contributed by atoms with Crippen molar-refractivity contribution in [1.29, 1.82) is 0 Å². The Morgan fingerprint density at radius 3 is 1.86 bits per heavy atom. The first kappa shape index (κ1) is 46.9. The van der Waals surface area contributed by atoms with Crippen LogP contribution in [0, 0.1) is 0 Å². The number of nitrogens with zero attached hydrogens (tertiary/aromatic N) is 1. The van der Waals surface area contributed by atoms with Crippen molar-refractivity contribution >= 4 is 13.7 Å². The van der Waals surface area contributed by atoms with Gasteiger partial charge in [-0.2, -0.15) is 0 Å². The molecule has 3 atom stereocenters. The van der Waals surface area contributed by atoms with Crippen molar-refractivity contribution in [3.63, 3.8) is 0 Å². The number of aliphatic hydroxyl groups is 1. The fourth-order valence-corrected chi connectivity index (χ4v) is 5.37. The van der Waals surface area contributed by atoms with Crippen LogP contribution in [0.2, 0.25) is 0 Å². The van der Waals surface area contributed by atoms with Gasteiger partial charge in [0, 0.05) is 6.42 Å². The Kier molecular flexibility index (Phi) is 30.5. The molecule has 0 aromatic rings. The van der Waals surface area contributed by atoms with Gasteiger partial charge in [0.1, 0.15) is 13.2 Å². The van der Waals surface area contributed by atoms with E-state index in [9.17, 15) is 19.4 Å². The Hall–Kier alpha value is -2.06. The molecule has 1 amide bonds. The number of aliphatic hydroxyl groups excluding tert-OH is 1. The minimum atomic E-state index is -4.35. The highest BCUT2D eigenvalue weighted by Crippen LogP contribution is 2.43. The van der Waals surface area contributed by atoms with Crippen LogP contribution in [-0.2, 0) is 18.4 Å². The minimum absolute atomic E-state index is 0.0468. The molecular formula is C40H72N2O6P+. The summed E-state index contributed by atoms with van der Waals surface area (Å²) in [6, 6.07) is -0.876. The lowest BCUT2D eigenvalue weighted by molar-refractivity contribution is -0.870. The number of carbonyl (C=O) groups is 1. The molecule has 0 rings (SSSR count). The molecule has 9 heteroatoms. The summed E-state index contributed by atoms with van der Waals surface area (Å²) in [4.78, 5) is 22.9. The van der Waals surface area contributed by atoms with Crippen LogP contribution in [0.25, 0.3) is 0 Å². The van der Waals surface area contributed by atoms with Gasteiger partial charge in [-0.15, -0.1) is 0 Å². The van der Waals surface area contributed by atoms with Gasteiger partial charge in [-0.1, -0.05) is 119 Å².